The van der Waals surface area contributed by atoms with Crippen molar-refractivity contribution < 1.29 is 12.6 Å². The highest BCUT2D eigenvalue weighted by Gasteiger charge is 2.60. The molecule has 0 N–H and O–H groups in total. The van der Waals surface area contributed by atoms with Crippen molar-refractivity contribution in [3.8, 4) is 0 Å². The van der Waals surface area contributed by atoms with Gasteiger partial charge in [0.2, 0.25) is 0 Å². The van der Waals surface area contributed by atoms with Crippen LogP contribution in [-0.4, -0.2) is 9.85 Å². The zero-order chi connectivity index (χ0) is 18.1. The van der Waals surface area contributed by atoms with Crippen LogP contribution >= 0.6 is 0 Å². The summed E-state index contributed by atoms with van der Waals surface area (Å²) in [5.41, 5.74) is -2.85. The highest BCUT2D eigenvalue weighted by atomic mass is 16.6. The summed E-state index contributed by atoms with van der Waals surface area (Å²) in [5, 5.41) is 22.9. The Balaban J connectivity index is 3.17. The molecule has 0 atom stereocenters. The highest BCUT2D eigenvalue weighted by molar-refractivity contribution is 5.67. The van der Waals surface area contributed by atoms with Crippen molar-refractivity contribution in [2.45, 2.75) is 52.4 Å². The Morgan fingerprint density at radius 1 is 0.952 bits per heavy atom. The second-order valence-corrected chi connectivity index (χ2v) is 7.09. The lowest BCUT2D eigenvalue weighted by Gasteiger charge is -2.44. The number of fused-ring (bicyclic) bond motifs is 1. The Kier molecular flexibility index (Phi) is 2.44. The molecule has 114 valence electrons. The van der Waals surface area contributed by atoms with Crippen molar-refractivity contribution in [1.29, 1.82) is 0 Å². The number of hydrogen-bond donors (Lipinski definition) is 0. The zero-order valence-electron chi connectivity index (χ0n) is 15.0. The molecule has 0 bridgehead atoms. The van der Waals surface area contributed by atoms with Crippen molar-refractivity contribution in [1.82, 2.24) is 0 Å². The molecule has 2 rings (SSSR count). The minimum Gasteiger partial charge on any atom is -0.258 e. The largest absolute Gasteiger partial charge is 0.350 e. The molecular weight excluding hydrogens is 272 g/mol. The maximum atomic E-state index is 11.6. The molecule has 21 heavy (non-hydrogen) atoms. The molecule has 0 unspecified atom stereocenters. The lowest BCUT2D eigenvalue weighted by atomic mass is 9.59. The number of nitro groups is 2. The van der Waals surface area contributed by atoms with Crippen LogP contribution in [0.2, 0.25) is 0 Å². The monoisotopic (exact) mass is 294 g/mol. The summed E-state index contributed by atoms with van der Waals surface area (Å²) >= 11 is 0. The maximum absolute atomic E-state index is 11.6. The second-order valence-electron chi connectivity index (χ2n) is 7.09. The van der Waals surface area contributed by atoms with Crippen LogP contribution in [0.25, 0.3) is 0 Å². The van der Waals surface area contributed by atoms with Crippen LogP contribution in [0.1, 0.15) is 55.4 Å². The van der Waals surface area contributed by atoms with Crippen molar-refractivity contribution in [2.75, 3.05) is 0 Å². The van der Waals surface area contributed by atoms with Gasteiger partial charge in [0, 0.05) is 17.0 Å². The van der Waals surface area contributed by atoms with Crippen LogP contribution in [-0.2, 0) is 10.8 Å². The normalized spacial score (nSPS) is 22.2. The molecule has 1 aliphatic carbocycles. The van der Waals surface area contributed by atoms with Crippen molar-refractivity contribution >= 4 is 11.4 Å². The summed E-state index contributed by atoms with van der Waals surface area (Å²) in [6.07, 6.45) is 0. The smallest absolute Gasteiger partial charge is 0.258 e. The molecule has 0 saturated carbocycles. The van der Waals surface area contributed by atoms with Gasteiger partial charge in [-0.15, -0.1) is 0 Å². The molecule has 0 aromatic heterocycles. The summed E-state index contributed by atoms with van der Waals surface area (Å²) in [5.74, 6) is 0. The quantitative estimate of drug-likeness (QED) is 0.607. The molecule has 0 radical (unpaired) electrons. The number of hydrogen-bond acceptors (Lipinski definition) is 4. The Labute approximate surface area is 126 Å². The Morgan fingerprint density at radius 2 is 1.48 bits per heavy atom. The average Bonchev–Trinajstić information content (AvgIpc) is 2.48. The van der Waals surface area contributed by atoms with Crippen molar-refractivity contribution in [3.05, 3.63) is 43.4 Å². The van der Waals surface area contributed by atoms with Gasteiger partial charge in [0.05, 0.1) is 12.6 Å². The first-order chi connectivity index (χ1) is 10.2. The SMILES string of the molecule is [2H]c1c([2H])c2c(c([N+](=O)[O-])c1[N+](=O)[O-])C(C)(C)C(C)(C)C2(C)C. The topological polar surface area (TPSA) is 86.3 Å². The van der Waals surface area contributed by atoms with E-state index in [4.69, 9.17) is 2.74 Å². The summed E-state index contributed by atoms with van der Waals surface area (Å²) in [4.78, 5) is 21.2. The van der Waals surface area contributed by atoms with E-state index in [9.17, 15) is 20.2 Å². The van der Waals surface area contributed by atoms with Gasteiger partial charge in [-0.05, 0) is 16.4 Å². The molecule has 0 fully saturated rings. The van der Waals surface area contributed by atoms with Gasteiger partial charge in [-0.3, -0.25) is 20.2 Å². The lowest BCUT2D eigenvalue weighted by molar-refractivity contribution is -0.423. The van der Waals surface area contributed by atoms with E-state index < -0.39 is 43.5 Å². The number of nitrogens with zero attached hydrogens (tertiary/aromatic N) is 2. The van der Waals surface area contributed by atoms with E-state index >= 15 is 0 Å². The fourth-order valence-electron chi connectivity index (χ4n) is 3.27. The van der Waals surface area contributed by atoms with E-state index in [0.29, 0.717) is 5.56 Å². The minimum atomic E-state index is -0.923. The van der Waals surface area contributed by atoms with Crippen LogP contribution in [0.5, 0.6) is 0 Å². The predicted octanol–water partition coefficient (Wildman–Crippen LogP) is 4.10. The molecule has 6 nitrogen and oxygen atoms in total. The van der Waals surface area contributed by atoms with E-state index in [-0.39, 0.29) is 11.6 Å². The molecule has 0 amide bonds. The van der Waals surface area contributed by atoms with Gasteiger partial charge in [-0.1, -0.05) is 47.6 Å². The van der Waals surface area contributed by atoms with E-state index in [1.807, 2.05) is 27.7 Å². The van der Waals surface area contributed by atoms with E-state index in [1.54, 1.807) is 13.8 Å². The summed E-state index contributed by atoms with van der Waals surface area (Å²) < 4.78 is 16.2. The number of nitro benzene ring substituents is 2. The van der Waals surface area contributed by atoms with Gasteiger partial charge >= 0.3 is 11.4 Å². The van der Waals surface area contributed by atoms with Gasteiger partial charge < -0.3 is 0 Å². The average molecular weight is 294 g/mol. The summed E-state index contributed by atoms with van der Waals surface area (Å²) in [7, 11) is 0. The van der Waals surface area contributed by atoms with Crippen LogP contribution in [0.3, 0.4) is 0 Å². The van der Waals surface area contributed by atoms with Gasteiger partial charge in [0.25, 0.3) is 0 Å². The fourth-order valence-corrected chi connectivity index (χ4v) is 3.27. The highest BCUT2D eigenvalue weighted by Crippen LogP contribution is 2.64. The number of benzene rings is 1. The van der Waals surface area contributed by atoms with Crippen LogP contribution in [0.15, 0.2) is 12.1 Å². The summed E-state index contributed by atoms with van der Waals surface area (Å²) in [6.45, 7) is 11.2. The first-order valence-corrected chi connectivity index (χ1v) is 6.68. The summed E-state index contributed by atoms with van der Waals surface area (Å²) in [6, 6.07) is -0.983. The Hall–Kier alpha value is -1.98. The lowest BCUT2D eigenvalue weighted by Crippen LogP contribution is -2.42. The molecule has 0 spiro atoms. The molecule has 0 heterocycles. The maximum Gasteiger partial charge on any atom is 0.350 e. The molecule has 6 heteroatoms. The van der Waals surface area contributed by atoms with E-state index in [2.05, 4.69) is 0 Å². The third kappa shape index (κ3) is 1.65. The molecule has 0 saturated heterocycles. The first kappa shape index (κ1) is 12.7. The fraction of sp³-hybridized carbons (Fsp3) is 0.600. The standard InChI is InChI=1S/C15H20N2O4/c1-13(2)9-7-8-10(16(18)19)12(17(20)21)11(9)14(3,4)15(13,5)6/h7-8H,1-6H3/i7D,8D. The zero-order valence-corrected chi connectivity index (χ0v) is 13.0. The van der Waals surface area contributed by atoms with E-state index in [1.165, 1.54) is 0 Å². The van der Waals surface area contributed by atoms with Gasteiger partial charge in [-0.25, -0.2) is 0 Å². The number of rotatable bonds is 2. The molecule has 0 aliphatic heterocycles. The molecule has 1 aromatic rings. The molecular formula is C15H20N2O4. The minimum absolute atomic E-state index is 0.213. The Bertz CT molecular complexity index is 755. The molecule has 1 aliphatic rings. The molecule has 1 aromatic carbocycles. The van der Waals surface area contributed by atoms with Crippen LogP contribution in [0.4, 0.5) is 11.4 Å². The van der Waals surface area contributed by atoms with E-state index in [0.717, 1.165) is 0 Å². The Morgan fingerprint density at radius 3 is 1.90 bits per heavy atom. The van der Waals surface area contributed by atoms with Crippen LogP contribution in [0, 0.1) is 25.6 Å². The van der Waals surface area contributed by atoms with Gasteiger partial charge in [0.15, 0.2) is 0 Å². The third-order valence-electron chi connectivity index (χ3n) is 5.76. The van der Waals surface area contributed by atoms with Crippen molar-refractivity contribution in [2.24, 2.45) is 5.41 Å². The second kappa shape index (κ2) is 4.02. The third-order valence-corrected chi connectivity index (χ3v) is 5.76. The van der Waals surface area contributed by atoms with Gasteiger partial charge in [-0.2, -0.15) is 0 Å². The van der Waals surface area contributed by atoms with Crippen molar-refractivity contribution in [3.63, 3.8) is 0 Å². The first-order valence-electron chi connectivity index (χ1n) is 7.68. The van der Waals surface area contributed by atoms with Crippen LogP contribution < -0.4 is 0 Å². The van der Waals surface area contributed by atoms with Gasteiger partial charge in [0.1, 0.15) is 0 Å². The predicted molar refractivity (Wildman–Crippen MR) is 79.6 cm³/mol.